The second kappa shape index (κ2) is 7.98. The Morgan fingerprint density at radius 3 is 2.07 bits per heavy atom. The van der Waals surface area contributed by atoms with Gasteiger partial charge in [0.2, 0.25) is 0 Å². The van der Waals surface area contributed by atoms with E-state index in [1.54, 1.807) is 6.92 Å². The summed E-state index contributed by atoms with van der Waals surface area (Å²) in [4.78, 5) is 10.5. The predicted molar refractivity (Wildman–Crippen MR) is 61.3 cm³/mol. The van der Waals surface area contributed by atoms with Crippen molar-refractivity contribution in [1.29, 1.82) is 0 Å². The molecule has 0 spiro atoms. The van der Waals surface area contributed by atoms with Gasteiger partial charge in [-0.1, -0.05) is 51.9 Å². The Hall–Kier alpha value is -0.370. The molecule has 0 heterocycles. The fourth-order valence-corrected chi connectivity index (χ4v) is 1.52. The molecule has 0 radical (unpaired) electrons. The molecule has 84 valence electrons. The van der Waals surface area contributed by atoms with Gasteiger partial charge in [0.25, 0.3) is 0 Å². The Labute approximate surface area is 88.3 Å². The highest BCUT2D eigenvalue weighted by Gasteiger charge is 2.15. The van der Waals surface area contributed by atoms with Gasteiger partial charge in [0.05, 0.1) is 5.54 Å². The number of rotatable bonds is 9. The summed E-state index contributed by atoms with van der Waals surface area (Å²) in [6.07, 6.45) is 10.6. The second-order valence-corrected chi connectivity index (χ2v) is 4.49. The fraction of sp³-hybridized carbons (Fsp3) is 0.917. The van der Waals surface area contributed by atoms with Crippen LogP contribution in [0.15, 0.2) is 0 Å². The summed E-state index contributed by atoms with van der Waals surface area (Å²) < 4.78 is 0. The van der Waals surface area contributed by atoms with Crippen LogP contribution in [0.5, 0.6) is 0 Å². The number of hydrogen-bond acceptors (Lipinski definition) is 2. The van der Waals surface area contributed by atoms with E-state index in [9.17, 15) is 4.79 Å². The average Bonchev–Trinajstić information content (AvgIpc) is 2.16. The molecule has 0 bridgehead atoms. The summed E-state index contributed by atoms with van der Waals surface area (Å²) in [5, 5.41) is 0. The molecule has 0 aromatic carbocycles. The molecule has 14 heavy (non-hydrogen) atoms. The van der Waals surface area contributed by atoms with Crippen molar-refractivity contribution in [2.45, 2.75) is 70.8 Å². The minimum atomic E-state index is -0.594. The molecule has 0 aliphatic rings. The molecular weight excluding hydrogens is 174 g/mol. The van der Waals surface area contributed by atoms with Crippen LogP contribution in [-0.4, -0.2) is 11.8 Å². The smallest absolute Gasteiger partial charge is 0.139 e. The van der Waals surface area contributed by atoms with E-state index in [0.29, 0.717) is 0 Å². The standard InChI is InChI=1S/C12H25NO/c1-3-4-5-6-7-8-9-10-12(2,13)11-14/h11H,3-10,13H2,1-2H3. The van der Waals surface area contributed by atoms with Crippen LogP contribution in [0.25, 0.3) is 0 Å². The van der Waals surface area contributed by atoms with Gasteiger partial charge in [0, 0.05) is 0 Å². The number of carbonyl (C=O) groups is 1. The second-order valence-electron chi connectivity index (χ2n) is 4.49. The zero-order valence-corrected chi connectivity index (χ0v) is 9.72. The summed E-state index contributed by atoms with van der Waals surface area (Å²) in [6, 6.07) is 0. The monoisotopic (exact) mass is 199 g/mol. The quantitative estimate of drug-likeness (QED) is 0.458. The minimum absolute atomic E-state index is 0.594. The van der Waals surface area contributed by atoms with Gasteiger partial charge in [-0.3, -0.25) is 0 Å². The van der Waals surface area contributed by atoms with Gasteiger partial charge in [-0.15, -0.1) is 0 Å². The molecular formula is C12H25NO. The number of aldehydes is 1. The first-order valence-corrected chi connectivity index (χ1v) is 5.87. The van der Waals surface area contributed by atoms with Gasteiger partial charge in [-0.25, -0.2) is 0 Å². The summed E-state index contributed by atoms with van der Waals surface area (Å²) in [6.45, 7) is 4.03. The highest BCUT2D eigenvalue weighted by molar-refractivity contribution is 5.62. The van der Waals surface area contributed by atoms with Gasteiger partial charge in [-0.05, 0) is 13.3 Å². The van der Waals surface area contributed by atoms with Crippen LogP contribution < -0.4 is 5.73 Å². The lowest BCUT2D eigenvalue weighted by atomic mass is 9.97. The molecule has 0 fully saturated rings. The van der Waals surface area contributed by atoms with Gasteiger partial charge in [0.1, 0.15) is 6.29 Å². The predicted octanol–water partition coefficient (Wildman–Crippen LogP) is 3.04. The molecule has 0 aromatic rings. The maximum atomic E-state index is 10.5. The van der Waals surface area contributed by atoms with Crippen molar-refractivity contribution in [1.82, 2.24) is 0 Å². The topological polar surface area (TPSA) is 43.1 Å². The molecule has 1 atom stereocenters. The van der Waals surface area contributed by atoms with E-state index in [1.165, 1.54) is 38.5 Å². The third kappa shape index (κ3) is 8.24. The van der Waals surface area contributed by atoms with E-state index in [-0.39, 0.29) is 0 Å². The first-order valence-electron chi connectivity index (χ1n) is 5.87. The summed E-state index contributed by atoms with van der Waals surface area (Å²) >= 11 is 0. The first-order chi connectivity index (χ1) is 6.62. The van der Waals surface area contributed by atoms with Gasteiger partial charge >= 0.3 is 0 Å². The lowest BCUT2D eigenvalue weighted by Crippen LogP contribution is -2.37. The van der Waals surface area contributed by atoms with Crippen molar-refractivity contribution in [2.75, 3.05) is 0 Å². The Morgan fingerprint density at radius 1 is 1.07 bits per heavy atom. The molecule has 2 N–H and O–H groups in total. The Balaban J connectivity index is 3.17. The summed E-state index contributed by atoms with van der Waals surface area (Å²) in [5.41, 5.74) is 5.12. The number of unbranched alkanes of at least 4 members (excludes halogenated alkanes) is 6. The number of hydrogen-bond donors (Lipinski definition) is 1. The van der Waals surface area contributed by atoms with Gasteiger partial charge in [0.15, 0.2) is 0 Å². The lowest BCUT2D eigenvalue weighted by molar-refractivity contribution is -0.112. The van der Waals surface area contributed by atoms with Crippen molar-refractivity contribution in [3.8, 4) is 0 Å². The van der Waals surface area contributed by atoms with Crippen LogP contribution in [0, 0.1) is 0 Å². The summed E-state index contributed by atoms with van der Waals surface area (Å²) in [7, 11) is 0. The normalized spacial score (nSPS) is 15.1. The average molecular weight is 199 g/mol. The van der Waals surface area contributed by atoms with Crippen LogP contribution in [0.4, 0.5) is 0 Å². The van der Waals surface area contributed by atoms with E-state index < -0.39 is 5.54 Å². The van der Waals surface area contributed by atoms with Gasteiger partial charge < -0.3 is 10.5 Å². The van der Waals surface area contributed by atoms with Crippen molar-refractivity contribution in [3.05, 3.63) is 0 Å². The maximum Gasteiger partial charge on any atom is 0.139 e. The van der Waals surface area contributed by atoms with E-state index in [0.717, 1.165) is 19.1 Å². The van der Waals surface area contributed by atoms with Crippen molar-refractivity contribution >= 4 is 6.29 Å². The molecule has 1 unspecified atom stereocenters. The summed E-state index contributed by atoms with van der Waals surface area (Å²) in [5.74, 6) is 0. The Morgan fingerprint density at radius 2 is 1.57 bits per heavy atom. The van der Waals surface area contributed by atoms with E-state index in [4.69, 9.17) is 5.73 Å². The highest BCUT2D eigenvalue weighted by Crippen LogP contribution is 2.12. The molecule has 0 amide bonds. The molecule has 0 rings (SSSR count). The molecule has 0 aliphatic carbocycles. The van der Waals surface area contributed by atoms with Crippen LogP contribution in [0.2, 0.25) is 0 Å². The molecule has 2 nitrogen and oxygen atoms in total. The molecule has 2 heteroatoms. The molecule has 0 saturated carbocycles. The first kappa shape index (κ1) is 13.6. The minimum Gasteiger partial charge on any atom is -0.319 e. The van der Waals surface area contributed by atoms with Crippen LogP contribution >= 0.6 is 0 Å². The number of nitrogens with two attached hydrogens (primary N) is 1. The Bertz CT molecular complexity index is 143. The highest BCUT2D eigenvalue weighted by atomic mass is 16.1. The zero-order chi connectivity index (χ0) is 10.9. The van der Waals surface area contributed by atoms with Crippen molar-refractivity contribution in [3.63, 3.8) is 0 Å². The van der Waals surface area contributed by atoms with Crippen LogP contribution in [0.3, 0.4) is 0 Å². The zero-order valence-electron chi connectivity index (χ0n) is 9.72. The Kier molecular flexibility index (Phi) is 7.77. The van der Waals surface area contributed by atoms with Crippen LogP contribution in [0.1, 0.15) is 65.2 Å². The maximum absolute atomic E-state index is 10.5. The van der Waals surface area contributed by atoms with Crippen LogP contribution in [-0.2, 0) is 4.79 Å². The lowest BCUT2D eigenvalue weighted by Gasteiger charge is -2.15. The third-order valence-electron chi connectivity index (χ3n) is 2.59. The molecule has 0 aliphatic heterocycles. The van der Waals surface area contributed by atoms with E-state index in [2.05, 4.69) is 6.92 Å². The van der Waals surface area contributed by atoms with Crippen molar-refractivity contribution in [2.24, 2.45) is 5.73 Å². The van der Waals surface area contributed by atoms with Crippen molar-refractivity contribution < 1.29 is 4.79 Å². The SMILES string of the molecule is CCCCCCCCCC(C)(N)C=O. The van der Waals surface area contributed by atoms with E-state index in [1.807, 2.05) is 0 Å². The third-order valence-corrected chi connectivity index (χ3v) is 2.59. The largest absolute Gasteiger partial charge is 0.319 e. The molecule has 0 aromatic heterocycles. The molecule has 0 saturated heterocycles. The van der Waals surface area contributed by atoms with Gasteiger partial charge in [-0.2, -0.15) is 0 Å². The van der Waals surface area contributed by atoms with E-state index >= 15 is 0 Å². The fourth-order valence-electron chi connectivity index (χ4n) is 1.52. The number of carbonyl (C=O) groups excluding carboxylic acids is 1.